The van der Waals surface area contributed by atoms with Gasteiger partial charge in [-0.05, 0) is 11.6 Å². The average Bonchev–Trinajstić information content (AvgIpc) is 2.22. The molecule has 1 aromatic rings. The number of nitrogens with zero attached hydrogens (tertiary/aromatic N) is 1. The van der Waals surface area contributed by atoms with Crippen LogP contribution in [-0.2, 0) is 16.0 Å². The molecule has 15 heavy (non-hydrogen) atoms. The molecule has 0 fully saturated rings. The van der Waals surface area contributed by atoms with E-state index in [1.165, 1.54) is 13.2 Å². The van der Waals surface area contributed by atoms with Crippen molar-refractivity contribution in [2.24, 2.45) is 0 Å². The van der Waals surface area contributed by atoms with Gasteiger partial charge in [-0.1, -0.05) is 0 Å². The zero-order valence-corrected chi connectivity index (χ0v) is 8.02. The van der Waals surface area contributed by atoms with Crippen LogP contribution >= 0.6 is 0 Å². The zero-order valence-electron chi connectivity index (χ0n) is 8.02. The van der Waals surface area contributed by atoms with Gasteiger partial charge in [0.1, 0.15) is 0 Å². The third kappa shape index (κ3) is 2.38. The van der Waals surface area contributed by atoms with Crippen molar-refractivity contribution in [3.63, 3.8) is 0 Å². The second-order valence-corrected chi connectivity index (χ2v) is 2.86. The smallest absolute Gasteiger partial charge is 0.310 e. The lowest BCUT2D eigenvalue weighted by Gasteiger charge is -2.04. The first-order valence-electron chi connectivity index (χ1n) is 4.10. The Balaban J connectivity index is 3.12. The van der Waals surface area contributed by atoms with Crippen molar-refractivity contribution in [3.8, 4) is 17.6 Å². The van der Waals surface area contributed by atoms with Crippen LogP contribution in [0.25, 0.3) is 0 Å². The van der Waals surface area contributed by atoms with Gasteiger partial charge in [-0.2, -0.15) is 5.26 Å². The van der Waals surface area contributed by atoms with Gasteiger partial charge in [0.25, 0.3) is 0 Å². The molecular formula is C10H9NO4. The second kappa shape index (κ2) is 4.33. The van der Waals surface area contributed by atoms with Gasteiger partial charge >= 0.3 is 5.97 Å². The van der Waals surface area contributed by atoms with Crippen molar-refractivity contribution in [3.05, 3.63) is 23.3 Å². The Morgan fingerprint density at radius 2 is 2.07 bits per heavy atom. The van der Waals surface area contributed by atoms with E-state index in [-0.39, 0.29) is 23.5 Å². The number of phenolic OH excluding ortho intramolecular Hbond substituents is 2. The maximum Gasteiger partial charge on any atom is 0.310 e. The largest absolute Gasteiger partial charge is 0.504 e. The van der Waals surface area contributed by atoms with Crippen LogP contribution in [0.1, 0.15) is 11.1 Å². The van der Waals surface area contributed by atoms with Crippen LogP contribution in [0.15, 0.2) is 12.1 Å². The van der Waals surface area contributed by atoms with Crippen LogP contribution in [0.3, 0.4) is 0 Å². The van der Waals surface area contributed by atoms with Crippen molar-refractivity contribution in [2.75, 3.05) is 7.11 Å². The summed E-state index contributed by atoms with van der Waals surface area (Å²) in [6, 6.07) is 4.09. The number of hydrogen-bond donors (Lipinski definition) is 2. The number of aromatic hydroxyl groups is 2. The lowest BCUT2D eigenvalue weighted by atomic mass is 10.0. The average molecular weight is 207 g/mol. The first-order chi connectivity index (χ1) is 7.08. The van der Waals surface area contributed by atoms with Crippen molar-refractivity contribution in [1.82, 2.24) is 0 Å². The fourth-order valence-corrected chi connectivity index (χ4v) is 1.10. The molecule has 0 heterocycles. The molecule has 78 valence electrons. The molecule has 0 amide bonds. The van der Waals surface area contributed by atoms with Gasteiger partial charge in [-0.3, -0.25) is 4.79 Å². The maximum absolute atomic E-state index is 11.0. The number of methoxy groups -OCH3 is 1. The van der Waals surface area contributed by atoms with Gasteiger partial charge in [0.05, 0.1) is 25.2 Å². The number of benzene rings is 1. The van der Waals surface area contributed by atoms with Crippen molar-refractivity contribution in [1.29, 1.82) is 5.26 Å². The van der Waals surface area contributed by atoms with Crippen LogP contribution in [0, 0.1) is 11.3 Å². The molecule has 0 aliphatic carbocycles. The van der Waals surface area contributed by atoms with E-state index >= 15 is 0 Å². The molecule has 0 aliphatic heterocycles. The van der Waals surface area contributed by atoms with Gasteiger partial charge in [-0.25, -0.2) is 0 Å². The molecule has 5 nitrogen and oxygen atoms in total. The van der Waals surface area contributed by atoms with Crippen LogP contribution in [-0.4, -0.2) is 23.3 Å². The van der Waals surface area contributed by atoms with Crippen LogP contribution < -0.4 is 0 Å². The molecule has 0 spiro atoms. The van der Waals surface area contributed by atoms with Crippen molar-refractivity contribution in [2.45, 2.75) is 6.42 Å². The normalized spacial score (nSPS) is 9.33. The molecule has 0 saturated heterocycles. The Labute approximate surface area is 86.1 Å². The van der Waals surface area contributed by atoms with Crippen molar-refractivity contribution < 1.29 is 19.7 Å². The predicted molar refractivity (Wildman–Crippen MR) is 50.2 cm³/mol. The van der Waals surface area contributed by atoms with Gasteiger partial charge in [-0.15, -0.1) is 0 Å². The molecule has 1 rings (SSSR count). The molecule has 5 heteroatoms. The fraction of sp³-hybridized carbons (Fsp3) is 0.200. The van der Waals surface area contributed by atoms with Gasteiger partial charge < -0.3 is 14.9 Å². The minimum atomic E-state index is -0.517. The van der Waals surface area contributed by atoms with E-state index in [9.17, 15) is 9.90 Å². The summed E-state index contributed by atoms with van der Waals surface area (Å²) < 4.78 is 4.43. The number of esters is 1. The highest BCUT2D eigenvalue weighted by molar-refractivity contribution is 5.74. The number of phenols is 2. The molecule has 0 atom stereocenters. The monoisotopic (exact) mass is 207 g/mol. The van der Waals surface area contributed by atoms with E-state index in [4.69, 9.17) is 10.4 Å². The Bertz CT molecular complexity index is 434. The molecule has 0 aromatic heterocycles. The van der Waals surface area contributed by atoms with E-state index in [0.29, 0.717) is 5.56 Å². The fourth-order valence-electron chi connectivity index (χ4n) is 1.10. The summed E-state index contributed by atoms with van der Waals surface area (Å²) in [5, 5.41) is 27.0. The van der Waals surface area contributed by atoms with E-state index in [0.717, 1.165) is 6.07 Å². The Hall–Kier alpha value is -2.22. The molecule has 0 aliphatic rings. The SMILES string of the molecule is COC(=O)Cc1cc(O)c(O)cc1C#N. The maximum atomic E-state index is 11.0. The van der Waals surface area contributed by atoms with E-state index in [1.54, 1.807) is 0 Å². The number of ether oxygens (including phenoxy) is 1. The number of carbonyl (C=O) groups excluding carboxylic acids is 1. The first-order valence-corrected chi connectivity index (χ1v) is 4.10. The summed E-state index contributed by atoms with van der Waals surface area (Å²) in [6.07, 6.45) is -0.118. The number of carbonyl (C=O) groups is 1. The highest BCUT2D eigenvalue weighted by atomic mass is 16.5. The Morgan fingerprint density at radius 3 is 2.60 bits per heavy atom. The van der Waals surface area contributed by atoms with Gasteiger partial charge in [0.2, 0.25) is 0 Å². The topological polar surface area (TPSA) is 90.6 Å². The molecular weight excluding hydrogens is 198 g/mol. The molecule has 0 radical (unpaired) electrons. The van der Waals surface area contributed by atoms with E-state index in [2.05, 4.69) is 4.74 Å². The summed E-state index contributed by atoms with van der Waals surface area (Å²) in [6.45, 7) is 0. The summed E-state index contributed by atoms with van der Waals surface area (Å²) in [7, 11) is 1.23. The molecule has 1 aromatic carbocycles. The summed E-state index contributed by atoms with van der Waals surface area (Å²) in [5.74, 6) is -1.27. The first kappa shape index (κ1) is 10.9. The quantitative estimate of drug-likeness (QED) is 0.549. The van der Waals surface area contributed by atoms with E-state index < -0.39 is 5.97 Å². The predicted octanol–water partition coefficient (Wildman–Crippen LogP) is 0.685. The third-order valence-corrected chi connectivity index (χ3v) is 1.88. The highest BCUT2D eigenvalue weighted by Gasteiger charge is 2.11. The summed E-state index contributed by atoms with van der Waals surface area (Å²) in [4.78, 5) is 11.0. The van der Waals surface area contributed by atoms with Gasteiger partial charge in [0.15, 0.2) is 11.5 Å². The molecule has 2 N–H and O–H groups in total. The van der Waals surface area contributed by atoms with Crippen LogP contribution in [0.4, 0.5) is 0 Å². The van der Waals surface area contributed by atoms with E-state index in [1.807, 2.05) is 6.07 Å². The number of nitriles is 1. The van der Waals surface area contributed by atoms with Crippen molar-refractivity contribution >= 4 is 5.97 Å². The third-order valence-electron chi connectivity index (χ3n) is 1.88. The second-order valence-electron chi connectivity index (χ2n) is 2.86. The summed E-state index contributed by atoms with van der Waals surface area (Å²) >= 11 is 0. The van der Waals surface area contributed by atoms with Crippen LogP contribution in [0.5, 0.6) is 11.5 Å². The number of hydrogen-bond acceptors (Lipinski definition) is 5. The molecule has 0 saturated carbocycles. The molecule has 0 bridgehead atoms. The van der Waals surface area contributed by atoms with Gasteiger partial charge in [0, 0.05) is 6.07 Å². The molecule has 0 unspecified atom stereocenters. The minimum Gasteiger partial charge on any atom is -0.504 e. The Morgan fingerprint density at radius 1 is 1.47 bits per heavy atom. The lowest BCUT2D eigenvalue weighted by molar-refractivity contribution is -0.139. The minimum absolute atomic E-state index is 0.118. The lowest BCUT2D eigenvalue weighted by Crippen LogP contribution is -2.05. The summed E-state index contributed by atoms with van der Waals surface area (Å²) in [5.41, 5.74) is 0.454. The highest BCUT2D eigenvalue weighted by Crippen LogP contribution is 2.28. The number of rotatable bonds is 2. The van der Waals surface area contributed by atoms with Crippen LogP contribution in [0.2, 0.25) is 0 Å². The Kier molecular flexibility index (Phi) is 3.13. The zero-order chi connectivity index (χ0) is 11.4. The standard InChI is InChI=1S/C10H9NO4/c1-15-10(14)4-6-2-8(12)9(13)3-7(6)5-11/h2-3,12-13H,4H2,1H3.